The van der Waals surface area contributed by atoms with E-state index in [9.17, 15) is 4.79 Å². The smallest absolute Gasteiger partial charge is 0.323 e. The summed E-state index contributed by atoms with van der Waals surface area (Å²) in [6.07, 6.45) is 5.67. The number of carbonyl (C=O) groups excluding carboxylic acids is 1. The molecule has 5 nitrogen and oxygen atoms in total. The Hall–Kier alpha value is -1.52. The number of rotatable bonds is 3. The van der Waals surface area contributed by atoms with Crippen molar-refractivity contribution in [3.05, 3.63) is 11.8 Å². The van der Waals surface area contributed by atoms with Crippen LogP contribution in [0, 0.1) is 12.8 Å². The predicted octanol–water partition coefficient (Wildman–Crippen LogP) is 3.81. The van der Waals surface area contributed by atoms with Gasteiger partial charge in [-0.2, -0.15) is 0 Å². The topological polar surface area (TPSA) is 58.4 Å². The van der Waals surface area contributed by atoms with Crippen molar-refractivity contribution < 1.29 is 9.32 Å². The molecule has 2 rings (SSSR count). The Kier molecular flexibility index (Phi) is 5.04. The molecule has 112 valence electrons. The zero-order valence-corrected chi connectivity index (χ0v) is 12.7. The first-order valence-electron chi connectivity index (χ1n) is 7.57. The third-order valence-corrected chi connectivity index (χ3v) is 3.74. The zero-order chi connectivity index (χ0) is 14.5. The van der Waals surface area contributed by atoms with Crippen LogP contribution in [0.15, 0.2) is 10.6 Å². The van der Waals surface area contributed by atoms with Crippen molar-refractivity contribution >= 4 is 11.8 Å². The largest absolute Gasteiger partial charge is 0.360 e. The van der Waals surface area contributed by atoms with Crippen LogP contribution in [-0.4, -0.2) is 28.7 Å². The molecule has 1 aromatic rings. The van der Waals surface area contributed by atoms with Crippen LogP contribution in [0.4, 0.5) is 10.6 Å². The monoisotopic (exact) mass is 279 g/mol. The minimum atomic E-state index is -0.0501. The fraction of sp³-hybridized carbons (Fsp3) is 0.733. The Balaban J connectivity index is 2.03. The summed E-state index contributed by atoms with van der Waals surface area (Å²) in [5.74, 6) is 1.80. The van der Waals surface area contributed by atoms with Gasteiger partial charge in [0.1, 0.15) is 5.76 Å². The molecule has 1 aliphatic rings. The molecule has 1 N–H and O–H groups in total. The third kappa shape index (κ3) is 3.99. The maximum Gasteiger partial charge on any atom is 0.323 e. The molecule has 1 unspecified atom stereocenters. The summed E-state index contributed by atoms with van der Waals surface area (Å²) in [6.45, 7) is 7.07. The molecule has 0 aliphatic carbocycles. The highest BCUT2D eigenvalue weighted by molar-refractivity contribution is 5.88. The number of carbonyl (C=O) groups is 1. The quantitative estimate of drug-likeness (QED) is 0.915. The van der Waals surface area contributed by atoms with E-state index in [1.807, 2.05) is 11.8 Å². The molecule has 1 fully saturated rings. The zero-order valence-electron chi connectivity index (χ0n) is 12.7. The van der Waals surface area contributed by atoms with E-state index >= 15 is 0 Å². The van der Waals surface area contributed by atoms with Gasteiger partial charge in [-0.15, -0.1) is 0 Å². The van der Waals surface area contributed by atoms with Crippen molar-refractivity contribution in [2.24, 2.45) is 5.92 Å². The molecule has 1 aliphatic heterocycles. The lowest BCUT2D eigenvalue weighted by molar-refractivity contribution is 0.178. The van der Waals surface area contributed by atoms with Crippen molar-refractivity contribution in [1.29, 1.82) is 0 Å². The van der Waals surface area contributed by atoms with E-state index in [1.165, 1.54) is 12.8 Å². The van der Waals surface area contributed by atoms with Crippen LogP contribution in [0.25, 0.3) is 0 Å². The Morgan fingerprint density at radius 1 is 1.50 bits per heavy atom. The lowest BCUT2D eigenvalue weighted by Crippen LogP contribution is -2.43. The van der Waals surface area contributed by atoms with Crippen LogP contribution in [0.2, 0.25) is 0 Å². The maximum atomic E-state index is 12.5. The number of likely N-dealkylation sites (tertiary alicyclic amines) is 1. The van der Waals surface area contributed by atoms with E-state index in [0.717, 1.165) is 25.8 Å². The van der Waals surface area contributed by atoms with Crippen LogP contribution >= 0.6 is 0 Å². The summed E-state index contributed by atoms with van der Waals surface area (Å²) in [7, 11) is 0. The second kappa shape index (κ2) is 6.77. The highest BCUT2D eigenvalue weighted by Crippen LogP contribution is 2.23. The normalized spacial score (nSPS) is 20.0. The summed E-state index contributed by atoms with van der Waals surface area (Å²) in [5.41, 5.74) is 0. The van der Waals surface area contributed by atoms with E-state index in [-0.39, 0.29) is 6.03 Å². The fourth-order valence-corrected chi connectivity index (χ4v) is 2.84. The lowest BCUT2D eigenvalue weighted by Gasteiger charge is -2.31. The number of hydrogen-bond acceptors (Lipinski definition) is 3. The second-order valence-electron chi connectivity index (χ2n) is 6.08. The first-order valence-corrected chi connectivity index (χ1v) is 7.57. The number of nitrogens with zero attached hydrogens (tertiary/aromatic N) is 2. The first kappa shape index (κ1) is 14.9. The molecule has 0 saturated carbocycles. The average Bonchev–Trinajstić information content (AvgIpc) is 2.64. The van der Waals surface area contributed by atoms with Crippen LogP contribution in [0.1, 0.15) is 51.7 Å². The SMILES string of the molecule is Cc1cc(NC(=O)N2CCCCCC2CC(C)C)no1. The molecule has 2 amide bonds. The van der Waals surface area contributed by atoms with E-state index in [1.54, 1.807) is 6.07 Å². The Labute approximate surface area is 120 Å². The Bertz CT molecular complexity index is 442. The molecule has 0 spiro atoms. The van der Waals surface area contributed by atoms with Gasteiger partial charge in [0.2, 0.25) is 0 Å². The van der Waals surface area contributed by atoms with Crippen molar-refractivity contribution in [1.82, 2.24) is 10.1 Å². The lowest BCUT2D eigenvalue weighted by atomic mass is 9.99. The van der Waals surface area contributed by atoms with Gasteiger partial charge in [-0.25, -0.2) is 4.79 Å². The minimum Gasteiger partial charge on any atom is -0.360 e. The van der Waals surface area contributed by atoms with Crippen molar-refractivity contribution in [3.63, 3.8) is 0 Å². The number of aromatic nitrogens is 1. The van der Waals surface area contributed by atoms with E-state index < -0.39 is 0 Å². The molecular weight excluding hydrogens is 254 g/mol. The summed E-state index contributed by atoms with van der Waals surface area (Å²) in [6, 6.07) is 2.03. The Morgan fingerprint density at radius 2 is 2.30 bits per heavy atom. The molecule has 1 saturated heterocycles. The van der Waals surface area contributed by atoms with Crippen LogP contribution in [-0.2, 0) is 0 Å². The van der Waals surface area contributed by atoms with Gasteiger partial charge in [0.05, 0.1) is 0 Å². The third-order valence-electron chi connectivity index (χ3n) is 3.74. The van der Waals surface area contributed by atoms with Gasteiger partial charge in [0.25, 0.3) is 0 Å². The first-order chi connectivity index (χ1) is 9.56. The molecule has 2 heterocycles. The van der Waals surface area contributed by atoms with Gasteiger partial charge >= 0.3 is 6.03 Å². The van der Waals surface area contributed by atoms with Gasteiger partial charge in [-0.1, -0.05) is 31.8 Å². The predicted molar refractivity (Wildman–Crippen MR) is 78.7 cm³/mol. The second-order valence-corrected chi connectivity index (χ2v) is 6.08. The van der Waals surface area contributed by atoms with Crippen molar-refractivity contribution in [2.45, 2.75) is 58.9 Å². The van der Waals surface area contributed by atoms with Gasteiger partial charge in [0, 0.05) is 18.7 Å². The average molecular weight is 279 g/mol. The highest BCUT2D eigenvalue weighted by Gasteiger charge is 2.26. The van der Waals surface area contributed by atoms with Gasteiger partial charge in [0.15, 0.2) is 5.82 Å². The molecule has 20 heavy (non-hydrogen) atoms. The molecular formula is C15H25N3O2. The number of hydrogen-bond donors (Lipinski definition) is 1. The summed E-state index contributed by atoms with van der Waals surface area (Å²) < 4.78 is 4.99. The number of nitrogens with one attached hydrogen (secondary N) is 1. The van der Waals surface area contributed by atoms with E-state index in [4.69, 9.17) is 4.52 Å². The molecule has 1 aromatic heterocycles. The minimum absolute atomic E-state index is 0.0501. The van der Waals surface area contributed by atoms with Crippen LogP contribution in [0.5, 0.6) is 0 Å². The van der Waals surface area contributed by atoms with Gasteiger partial charge in [-0.05, 0) is 32.1 Å². The van der Waals surface area contributed by atoms with Crippen molar-refractivity contribution in [2.75, 3.05) is 11.9 Å². The van der Waals surface area contributed by atoms with Gasteiger partial charge < -0.3 is 9.42 Å². The summed E-state index contributed by atoms with van der Waals surface area (Å²) in [5, 5.41) is 6.67. The molecule has 0 aromatic carbocycles. The number of amides is 2. The van der Waals surface area contributed by atoms with Crippen LogP contribution < -0.4 is 5.32 Å². The summed E-state index contributed by atoms with van der Waals surface area (Å²) in [4.78, 5) is 14.4. The maximum absolute atomic E-state index is 12.5. The number of anilines is 1. The molecule has 5 heteroatoms. The number of aryl methyl sites for hydroxylation is 1. The fourth-order valence-electron chi connectivity index (χ4n) is 2.84. The highest BCUT2D eigenvalue weighted by atomic mass is 16.5. The van der Waals surface area contributed by atoms with E-state index in [2.05, 4.69) is 24.3 Å². The number of urea groups is 1. The summed E-state index contributed by atoms with van der Waals surface area (Å²) >= 11 is 0. The van der Waals surface area contributed by atoms with Crippen molar-refractivity contribution in [3.8, 4) is 0 Å². The Morgan fingerprint density at radius 3 is 2.95 bits per heavy atom. The van der Waals surface area contributed by atoms with Gasteiger partial charge in [-0.3, -0.25) is 5.32 Å². The standard InChI is InChI=1S/C15H25N3O2/c1-11(2)9-13-7-5-4-6-8-18(13)15(19)16-14-10-12(3)20-17-14/h10-11,13H,4-9H2,1-3H3,(H,16,17,19). The molecule has 0 radical (unpaired) electrons. The van der Waals surface area contributed by atoms with Crippen LogP contribution in [0.3, 0.4) is 0 Å². The molecule has 1 atom stereocenters. The molecule has 0 bridgehead atoms. The van der Waals surface area contributed by atoms with E-state index in [0.29, 0.717) is 23.5 Å².